The van der Waals surface area contributed by atoms with Crippen molar-refractivity contribution in [1.82, 2.24) is 0 Å². The van der Waals surface area contributed by atoms with Crippen molar-refractivity contribution in [2.24, 2.45) is 0 Å². The number of fused-ring (bicyclic) bond motifs is 1. The highest BCUT2D eigenvalue weighted by molar-refractivity contribution is 7.15. The number of likely N-dealkylation sites (N-methyl/N-ethyl adjacent to an activating group) is 1. The van der Waals surface area contributed by atoms with Crippen LogP contribution in [0.5, 0.6) is 5.75 Å². The van der Waals surface area contributed by atoms with Crippen LogP contribution in [0.4, 0.5) is 10.7 Å². The van der Waals surface area contributed by atoms with Crippen LogP contribution in [0, 0.1) is 6.92 Å². The molecule has 1 aliphatic rings. The van der Waals surface area contributed by atoms with Crippen LogP contribution in [0.3, 0.4) is 0 Å². The van der Waals surface area contributed by atoms with Gasteiger partial charge in [-0.25, -0.2) is 4.79 Å². The normalized spacial score (nSPS) is 17.1. The van der Waals surface area contributed by atoms with Gasteiger partial charge in [0.25, 0.3) is 17.4 Å². The van der Waals surface area contributed by atoms with Crippen molar-refractivity contribution in [2.45, 2.75) is 33.3 Å². The SMILES string of the molecule is CCOC(=O)c1c(-c2ccc(C)cc2)csc1NC(=O)C1(C)Oc2ccccc2N(CC)C1=O. The summed E-state index contributed by atoms with van der Waals surface area (Å²) in [6.45, 7) is 7.56. The monoisotopic (exact) mass is 478 g/mol. The summed E-state index contributed by atoms with van der Waals surface area (Å²) < 4.78 is 11.2. The molecule has 1 aromatic heterocycles. The molecule has 0 aliphatic carbocycles. The molecule has 2 heterocycles. The van der Waals surface area contributed by atoms with E-state index in [2.05, 4.69) is 5.32 Å². The van der Waals surface area contributed by atoms with Gasteiger partial charge in [-0.2, -0.15) is 0 Å². The van der Waals surface area contributed by atoms with Crippen molar-refractivity contribution in [2.75, 3.05) is 23.4 Å². The number of hydrogen-bond donors (Lipinski definition) is 1. The number of benzene rings is 2. The number of carbonyl (C=O) groups is 3. The Kier molecular flexibility index (Phi) is 6.43. The molecule has 1 atom stereocenters. The smallest absolute Gasteiger partial charge is 0.341 e. The Bertz CT molecular complexity index is 1250. The second-order valence-corrected chi connectivity index (χ2v) is 8.93. The average Bonchev–Trinajstić information content (AvgIpc) is 3.24. The largest absolute Gasteiger partial charge is 0.465 e. The molecule has 3 aromatic rings. The third-order valence-corrected chi connectivity index (χ3v) is 6.63. The maximum Gasteiger partial charge on any atom is 0.341 e. The number of amides is 2. The van der Waals surface area contributed by atoms with E-state index in [1.54, 1.807) is 30.5 Å². The highest BCUT2D eigenvalue weighted by Gasteiger charge is 2.50. The summed E-state index contributed by atoms with van der Waals surface area (Å²) in [7, 11) is 0. The van der Waals surface area contributed by atoms with E-state index in [0.717, 1.165) is 11.1 Å². The first-order valence-electron chi connectivity index (χ1n) is 11.1. The number of para-hydroxylation sites is 2. The number of carbonyl (C=O) groups excluding carboxylic acids is 3. The van der Waals surface area contributed by atoms with Crippen molar-refractivity contribution in [3.05, 3.63) is 65.0 Å². The number of ether oxygens (including phenoxy) is 2. The summed E-state index contributed by atoms with van der Waals surface area (Å²) in [5, 5.41) is 4.88. The van der Waals surface area contributed by atoms with E-state index in [9.17, 15) is 14.4 Å². The fourth-order valence-electron chi connectivity index (χ4n) is 3.88. The van der Waals surface area contributed by atoms with Crippen LogP contribution in [0.15, 0.2) is 53.9 Å². The van der Waals surface area contributed by atoms with Crippen LogP contribution in [-0.2, 0) is 14.3 Å². The molecule has 7 nitrogen and oxygen atoms in total. The van der Waals surface area contributed by atoms with E-state index >= 15 is 0 Å². The maximum atomic E-state index is 13.5. The van der Waals surface area contributed by atoms with Gasteiger partial charge in [-0.3, -0.25) is 9.59 Å². The first kappa shape index (κ1) is 23.5. The van der Waals surface area contributed by atoms with Gasteiger partial charge >= 0.3 is 5.97 Å². The number of hydrogen-bond acceptors (Lipinski definition) is 6. The van der Waals surface area contributed by atoms with Crippen molar-refractivity contribution >= 4 is 39.8 Å². The topological polar surface area (TPSA) is 84.9 Å². The number of anilines is 2. The number of nitrogens with one attached hydrogen (secondary N) is 1. The number of esters is 1. The van der Waals surface area contributed by atoms with Crippen LogP contribution in [-0.4, -0.2) is 36.5 Å². The maximum absolute atomic E-state index is 13.5. The van der Waals surface area contributed by atoms with E-state index in [0.29, 0.717) is 28.5 Å². The molecule has 176 valence electrons. The third kappa shape index (κ3) is 4.05. The molecular formula is C26H26N2O5S. The van der Waals surface area contributed by atoms with Gasteiger partial charge in [-0.05, 0) is 45.4 Å². The fourth-order valence-corrected chi connectivity index (χ4v) is 4.83. The first-order chi connectivity index (χ1) is 16.3. The lowest BCUT2D eigenvalue weighted by Gasteiger charge is -2.39. The molecule has 0 bridgehead atoms. The van der Waals surface area contributed by atoms with Gasteiger partial charge in [0.1, 0.15) is 16.3 Å². The quantitative estimate of drug-likeness (QED) is 0.396. The van der Waals surface area contributed by atoms with Gasteiger partial charge in [0.2, 0.25) is 0 Å². The Morgan fingerprint density at radius 2 is 1.82 bits per heavy atom. The molecule has 1 unspecified atom stereocenters. The van der Waals surface area contributed by atoms with Gasteiger partial charge in [0.05, 0.1) is 12.3 Å². The number of rotatable bonds is 6. The lowest BCUT2D eigenvalue weighted by Crippen LogP contribution is -2.60. The van der Waals surface area contributed by atoms with Gasteiger partial charge in [-0.1, -0.05) is 42.0 Å². The molecule has 34 heavy (non-hydrogen) atoms. The predicted molar refractivity (Wildman–Crippen MR) is 133 cm³/mol. The Hall–Kier alpha value is -3.65. The minimum atomic E-state index is -1.80. The molecule has 4 rings (SSSR count). The van der Waals surface area contributed by atoms with Gasteiger partial charge in [0.15, 0.2) is 0 Å². The zero-order chi connectivity index (χ0) is 24.5. The Morgan fingerprint density at radius 1 is 1.12 bits per heavy atom. The van der Waals surface area contributed by atoms with Gasteiger partial charge < -0.3 is 19.7 Å². The standard InChI is InChI=1S/C26H26N2O5S/c1-5-28-19-9-7-8-10-20(19)33-26(4,25(28)31)24(30)27-22-21(23(29)32-6-2)18(15-34-22)17-13-11-16(3)12-14-17/h7-15H,5-6H2,1-4H3,(H,27,30). The molecule has 0 saturated carbocycles. The first-order valence-corrected chi connectivity index (χ1v) is 11.9. The average molecular weight is 479 g/mol. The summed E-state index contributed by atoms with van der Waals surface area (Å²) in [5.41, 5.74) is 1.64. The Balaban J connectivity index is 1.71. The number of thiophene rings is 1. The van der Waals surface area contributed by atoms with E-state index < -0.39 is 23.4 Å². The molecule has 2 amide bonds. The van der Waals surface area contributed by atoms with Crippen molar-refractivity contribution in [1.29, 1.82) is 0 Å². The summed E-state index contributed by atoms with van der Waals surface area (Å²) in [5.74, 6) is -1.23. The highest BCUT2D eigenvalue weighted by atomic mass is 32.1. The molecule has 0 saturated heterocycles. The molecule has 0 spiro atoms. The molecular weight excluding hydrogens is 452 g/mol. The Morgan fingerprint density at radius 3 is 2.50 bits per heavy atom. The van der Waals surface area contributed by atoms with Crippen LogP contribution in [0.25, 0.3) is 11.1 Å². The minimum absolute atomic E-state index is 0.191. The van der Waals surface area contributed by atoms with E-state index in [-0.39, 0.29) is 12.2 Å². The van der Waals surface area contributed by atoms with Crippen molar-refractivity contribution in [3.63, 3.8) is 0 Å². The van der Waals surface area contributed by atoms with Gasteiger partial charge in [-0.15, -0.1) is 11.3 Å². The van der Waals surface area contributed by atoms with Gasteiger partial charge in [0, 0.05) is 17.5 Å². The van der Waals surface area contributed by atoms with Crippen LogP contribution in [0.1, 0.15) is 36.7 Å². The molecule has 2 aromatic carbocycles. The fraction of sp³-hybridized carbons (Fsp3) is 0.269. The number of aryl methyl sites for hydroxylation is 1. The highest BCUT2D eigenvalue weighted by Crippen LogP contribution is 2.40. The van der Waals surface area contributed by atoms with Crippen molar-refractivity contribution < 1.29 is 23.9 Å². The van der Waals surface area contributed by atoms with E-state index in [1.165, 1.54) is 23.2 Å². The van der Waals surface area contributed by atoms with E-state index in [4.69, 9.17) is 9.47 Å². The van der Waals surface area contributed by atoms with Crippen LogP contribution >= 0.6 is 11.3 Å². The zero-order valence-electron chi connectivity index (χ0n) is 19.5. The molecule has 1 aliphatic heterocycles. The summed E-state index contributed by atoms with van der Waals surface area (Å²) >= 11 is 1.20. The Labute approximate surface area is 202 Å². The van der Waals surface area contributed by atoms with E-state index in [1.807, 2.05) is 44.2 Å². The summed E-state index contributed by atoms with van der Waals surface area (Å²) in [6.07, 6.45) is 0. The molecule has 8 heteroatoms. The lowest BCUT2D eigenvalue weighted by atomic mass is 9.99. The number of nitrogens with zero attached hydrogens (tertiary/aromatic N) is 1. The lowest BCUT2D eigenvalue weighted by molar-refractivity contribution is -0.145. The van der Waals surface area contributed by atoms with Crippen molar-refractivity contribution in [3.8, 4) is 16.9 Å². The molecule has 0 fully saturated rings. The predicted octanol–water partition coefficient (Wildman–Crippen LogP) is 5.04. The third-order valence-electron chi connectivity index (χ3n) is 5.73. The van der Waals surface area contributed by atoms with Crippen LogP contribution in [0.2, 0.25) is 0 Å². The summed E-state index contributed by atoms with van der Waals surface area (Å²) in [4.78, 5) is 41.2. The summed E-state index contributed by atoms with van der Waals surface area (Å²) in [6, 6.07) is 14.8. The second-order valence-electron chi connectivity index (χ2n) is 8.05. The second kappa shape index (κ2) is 9.30. The van der Waals surface area contributed by atoms with Crippen LogP contribution < -0.4 is 15.0 Å². The molecule has 1 N–H and O–H groups in total. The zero-order valence-corrected chi connectivity index (χ0v) is 20.3. The molecule has 0 radical (unpaired) electrons. The minimum Gasteiger partial charge on any atom is -0.465 e.